The molecule has 0 spiro atoms. The van der Waals surface area contributed by atoms with Crippen LogP contribution in [0.15, 0.2) is 46.9 Å². The van der Waals surface area contributed by atoms with E-state index in [1.165, 1.54) is 5.56 Å². The second-order valence-corrected chi connectivity index (χ2v) is 4.94. The fourth-order valence-electron chi connectivity index (χ4n) is 1.56. The van der Waals surface area contributed by atoms with E-state index in [0.717, 1.165) is 10.0 Å². The average molecular weight is 302 g/mol. The van der Waals surface area contributed by atoms with Gasteiger partial charge in [0.05, 0.1) is 5.56 Å². The Labute approximate surface area is 115 Å². The number of hydrogen-bond donors (Lipinski definition) is 0. The van der Waals surface area contributed by atoms with Gasteiger partial charge in [-0.3, -0.25) is 0 Å². The molecule has 2 rings (SSSR count). The lowest BCUT2D eigenvalue weighted by molar-refractivity contribution is 0.305. The largest absolute Gasteiger partial charge is 0.488 e. The van der Waals surface area contributed by atoms with Gasteiger partial charge in [0, 0.05) is 4.47 Å². The van der Waals surface area contributed by atoms with Gasteiger partial charge in [-0.2, -0.15) is 5.26 Å². The Kier molecular flexibility index (Phi) is 4.01. The van der Waals surface area contributed by atoms with Crippen molar-refractivity contribution in [3.63, 3.8) is 0 Å². The van der Waals surface area contributed by atoms with E-state index in [-0.39, 0.29) is 0 Å². The third kappa shape index (κ3) is 3.12. The maximum Gasteiger partial charge on any atom is 0.137 e. The topological polar surface area (TPSA) is 33.0 Å². The highest BCUT2D eigenvalue weighted by atomic mass is 79.9. The molecule has 0 aliphatic carbocycles. The molecular weight excluding hydrogens is 290 g/mol. The summed E-state index contributed by atoms with van der Waals surface area (Å²) >= 11 is 3.33. The van der Waals surface area contributed by atoms with Crippen molar-refractivity contribution in [3.05, 3.63) is 63.6 Å². The predicted octanol–water partition coefficient (Wildman–Crippen LogP) is 4.21. The summed E-state index contributed by atoms with van der Waals surface area (Å²) in [7, 11) is 0. The quantitative estimate of drug-likeness (QED) is 0.851. The van der Waals surface area contributed by atoms with Crippen molar-refractivity contribution in [2.24, 2.45) is 0 Å². The average Bonchev–Trinajstić information content (AvgIpc) is 2.39. The Morgan fingerprint density at radius 2 is 1.89 bits per heavy atom. The summed E-state index contributed by atoms with van der Waals surface area (Å²) in [5.74, 6) is 0.612. The highest BCUT2D eigenvalue weighted by Gasteiger charge is 2.04. The van der Waals surface area contributed by atoms with Crippen molar-refractivity contribution in [2.45, 2.75) is 13.5 Å². The van der Waals surface area contributed by atoms with E-state index in [1.807, 2.05) is 37.3 Å². The van der Waals surface area contributed by atoms with Crippen molar-refractivity contribution in [1.29, 1.82) is 5.26 Å². The molecule has 2 aromatic carbocycles. The molecule has 0 unspecified atom stereocenters. The maximum absolute atomic E-state index is 9.03. The molecule has 90 valence electrons. The number of halogens is 1. The highest BCUT2D eigenvalue weighted by Crippen LogP contribution is 2.23. The second kappa shape index (κ2) is 5.70. The molecule has 18 heavy (non-hydrogen) atoms. The zero-order valence-electron chi connectivity index (χ0n) is 9.98. The fraction of sp³-hybridized carbons (Fsp3) is 0.133. The van der Waals surface area contributed by atoms with Crippen molar-refractivity contribution in [1.82, 2.24) is 0 Å². The highest BCUT2D eigenvalue weighted by molar-refractivity contribution is 9.10. The zero-order chi connectivity index (χ0) is 13.0. The number of nitrogens with zero attached hydrogens (tertiary/aromatic N) is 1. The third-order valence-electron chi connectivity index (χ3n) is 2.58. The van der Waals surface area contributed by atoms with E-state index in [0.29, 0.717) is 17.9 Å². The molecule has 0 fully saturated rings. The van der Waals surface area contributed by atoms with Crippen LogP contribution in [0.4, 0.5) is 0 Å². The molecule has 0 bridgehead atoms. The zero-order valence-corrected chi connectivity index (χ0v) is 11.6. The van der Waals surface area contributed by atoms with Gasteiger partial charge in [0.15, 0.2) is 0 Å². The Hall–Kier alpha value is -1.79. The Morgan fingerprint density at radius 1 is 1.17 bits per heavy atom. The normalized spacial score (nSPS) is 9.83. The van der Waals surface area contributed by atoms with Crippen LogP contribution in [0.1, 0.15) is 16.7 Å². The molecule has 0 N–H and O–H groups in total. The van der Waals surface area contributed by atoms with Crippen LogP contribution in [0, 0.1) is 18.3 Å². The molecule has 0 saturated carbocycles. The number of aryl methyl sites for hydroxylation is 1. The van der Waals surface area contributed by atoms with Crippen LogP contribution >= 0.6 is 15.9 Å². The first-order chi connectivity index (χ1) is 8.69. The molecule has 0 heterocycles. The molecule has 0 radical (unpaired) electrons. The third-order valence-corrected chi connectivity index (χ3v) is 3.07. The van der Waals surface area contributed by atoms with Crippen LogP contribution in [0.5, 0.6) is 5.75 Å². The maximum atomic E-state index is 9.03. The summed E-state index contributed by atoms with van der Waals surface area (Å²) in [5, 5.41) is 9.03. The smallest absolute Gasteiger partial charge is 0.137 e. The van der Waals surface area contributed by atoms with Crippen LogP contribution in [-0.4, -0.2) is 0 Å². The molecule has 0 aromatic heterocycles. The lowest BCUT2D eigenvalue weighted by Gasteiger charge is -2.08. The van der Waals surface area contributed by atoms with Crippen LogP contribution in [-0.2, 0) is 6.61 Å². The van der Waals surface area contributed by atoms with Gasteiger partial charge < -0.3 is 4.74 Å². The Bertz CT molecular complexity index is 584. The van der Waals surface area contributed by atoms with Gasteiger partial charge in [-0.15, -0.1) is 0 Å². The van der Waals surface area contributed by atoms with Crippen LogP contribution in [0.2, 0.25) is 0 Å². The van der Waals surface area contributed by atoms with Crippen LogP contribution in [0.25, 0.3) is 0 Å². The summed E-state index contributed by atoms with van der Waals surface area (Å²) in [6.45, 7) is 2.52. The molecule has 0 saturated heterocycles. The number of hydrogen-bond acceptors (Lipinski definition) is 2. The van der Waals surface area contributed by atoms with E-state index in [9.17, 15) is 0 Å². The van der Waals surface area contributed by atoms with E-state index in [4.69, 9.17) is 10.00 Å². The Balaban J connectivity index is 2.11. The summed E-state index contributed by atoms with van der Waals surface area (Å²) in [6, 6.07) is 15.7. The monoisotopic (exact) mass is 301 g/mol. The van der Waals surface area contributed by atoms with Gasteiger partial charge in [-0.1, -0.05) is 45.8 Å². The standard InChI is InChI=1S/C15H12BrNO/c1-11-2-4-12(5-3-11)10-18-15-7-6-14(16)8-13(15)9-17/h2-8H,10H2,1H3. The number of nitriles is 1. The van der Waals surface area contributed by atoms with Gasteiger partial charge >= 0.3 is 0 Å². The van der Waals surface area contributed by atoms with Crippen molar-refractivity contribution >= 4 is 15.9 Å². The number of rotatable bonds is 3. The summed E-state index contributed by atoms with van der Waals surface area (Å²) in [6.07, 6.45) is 0. The van der Waals surface area contributed by atoms with Gasteiger partial charge in [-0.25, -0.2) is 0 Å². The molecule has 0 aliphatic heterocycles. The number of ether oxygens (including phenoxy) is 1. The minimum atomic E-state index is 0.469. The molecule has 2 nitrogen and oxygen atoms in total. The van der Waals surface area contributed by atoms with Gasteiger partial charge in [0.1, 0.15) is 18.4 Å². The minimum Gasteiger partial charge on any atom is -0.488 e. The van der Waals surface area contributed by atoms with Crippen molar-refractivity contribution < 1.29 is 4.74 Å². The molecule has 0 aliphatic rings. The van der Waals surface area contributed by atoms with Crippen LogP contribution < -0.4 is 4.74 Å². The van der Waals surface area contributed by atoms with Gasteiger partial charge in [0.2, 0.25) is 0 Å². The summed E-state index contributed by atoms with van der Waals surface area (Å²) in [4.78, 5) is 0. The number of benzene rings is 2. The van der Waals surface area contributed by atoms with E-state index >= 15 is 0 Å². The predicted molar refractivity (Wildman–Crippen MR) is 74.4 cm³/mol. The van der Waals surface area contributed by atoms with Gasteiger partial charge in [-0.05, 0) is 30.7 Å². The summed E-state index contributed by atoms with van der Waals surface area (Å²) < 4.78 is 6.54. The minimum absolute atomic E-state index is 0.469. The van der Waals surface area contributed by atoms with Crippen LogP contribution in [0.3, 0.4) is 0 Å². The van der Waals surface area contributed by atoms with E-state index in [2.05, 4.69) is 22.0 Å². The lowest BCUT2D eigenvalue weighted by atomic mass is 10.1. The first-order valence-electron chi connectivity index (χ1n) is 5.57. The molecule has 3 heteroatoms. The molecule has 0 atom stereocenters. The van der Waals surface area contributed by atoms with E-state index in [1.54, 1.807) is 12.1 Å². The van der Waals surface area contributed by atoms with Crippen molar-refractivity contribution in [3.8, 4) is 11.8 Å². The van der Waals surface area contributed by atoms with Gasteiger partial charge in [0.25, 0.3) is 0 Å². The Morgan fingerprint density at radius 3 is 2.56 bits per heavy atom. The SMILES string of the molecule is Cc1ccc(COc2ccc(Br)cc2C#N)cc1. The molecular formula is C15H12BrNO. The molecule has 0 amide bonds. The first-order valence-corrected chi connectivity index (χ1v) is 6.36. The van der Waals surface area contributed by atoms with Crippen molar-refractivity contribution in [2.75, 3.05) is 0 Å². The second-order valence-electron chi connectivity index (χ2n) is 4.03. The van der Waals surface area contributed by atoms with E-state index < -0.39 is 0 Å². The fourth-order valence-corrected chi connectivity index (χ4v) is 1.92. The lowest BCUT2D eigenvalue weighted by Crippen LogP contribution is -1.97. The summed E-state index contributed by atoms with van der Waals surface area (Å²) in [5.41, 5.74) is 2.85. The first kappa shape index (κ1) is 12.7. The molecule has 2 aromatic rings.